The van der Waals surface area contributed by atoms with Crippen LogP contribution < -0.4 is 5.32 Å². The molecule has 31 heavy (non-hydrogen) atoms. The predicted molar refractivity (Wildman–Crippen MR) is 134 cm³/mol. The van der Waals surface area contributed by atoms with E-state index in [4.69, 9.17) is 14.5 Å². The lowest BCUT2D eigenvalue weighted by Crippen LogP contribution is -2.47. The van der Waals surface area contributed by atoms with Crippen molar-refractivity contribution in [3.63, 3.8) is 0 Å². The van der Waals surface area contributed by atoms with Gasteiger partial charge in [0, 0.05) is 32.5 Å². The first kappa shape index (κ1) is 26.3. The van der Waals surface area contributed by atoms with Gasteiger partial charge in [-0.25, -0.2) is 13.4 Å². The van der Waals surface area contributed by atoms with Gasteiger partial charge in [0.15, 0.2) is 15.8 Å². The Hall–Kier alpha value is -0.910. The van der Waals surface area contributed by atoms with Crippen LogP contribution in [0.4, 0.5) is 0 Å². The molecule has 2 saturated heterocycles. The molecular formula is C22H36IN3O4S. The summed E-state index contributed by atoms with van der Waals surface area (Å²) in [6.45, 7) is 6.79. The van der Waals surface area contributed by atoms with E-state index in [1.807, 2.05) is 12.1 Å². The third-order valence-corrected chi connectivity index (χ3v) is 6.76. The van der Waals surface area contributed by atoms with E-state index < -0.39 is 9.84 Å². The number of guanidine groups is 1. The molecule has 1 N–H and O–H groups in total. The van der Waals surface area contributed by atoms with Crippen LogP contribution in [0.5, 0.6) is 0 Å². The van der Waals surface area contributed by atoms with E-state index in [-0.39, 0.29) is 36.2 Å². The summed E-state index contributed by atoms with van der Waals surface area (Å²) in [6, 6.07) is 6.95. The number of nitrogens with one attached hydrogen (secondary N) is 1. The van der Waals surface area contributed by atoms with Crippen molar-refractivity contribution in [3.8, 4) is 0 Å². The van der Waals surface area contributed by atoms with Gasteiger partial charge in [-0.15, -0.1) is 24.0 Å². The molecule has 2 aliphatic rings. The van der Waals surface area contributed by atoms with E-state index in [2.05, 4.69) is 17.1 Å². The van der Waals surface area contributed by atoms with E-state index in [9.17, 15) is 8.42 Å². The van der Waals surface area contributed by atoms with Gasteiger partial charge in [-0.1, -0.05) is 12.1 Å². The summed E-state index contributed by atoms with van der Waals surface area (Å²) in [7, 11) is -3.17. The van der Waals surface area contributed by atoms with E-state index in [0.717, 1.165) is 57.0 Å². The first-order chi connectivity index (χ1) is 14.5. The van der Waals surface area contributed by atoms with Gasteiger partial charge in [0.25, 0.3) is 0 Å². The van der Waals surface area contributed by atoms with Gasteiger partial charge < -0.3 is 19.7 Å². The molecule has 0 amide bonds. The number of sulfone groups is 1. The van der Waals surface area contributed by atoms with Crippen molar-refractivity contribution in [2.75, 3.05) is 39.1 Å². The van der Waals surface area contributed by atoms with Crippen LogP contribution in [0, 0.1) is 0 Å². The topological polar surface area (TPSA) is 80.2 Å². The van der Waals surface area contributed by atoms with E-state index in [1.165, 1.54) is 19.1 Å². The van der Waals surface area contributed by atoms with Crippen LogP contribution in [-0.4, -0.2) is 70.6 Å². The normalized spacial score (nSPS) is 20.9. The Morgan fingerprint density at radius 1 is 1.19 bits per heavy atom. The second kappa shape index (κ2) is 13.0. The van der Waals surface area contributed by atoms with Crippen LogP contribution >= 0.6 is 24.0 Å². The van der Waals surface area contributed by atoms with Crippen LogP contribution in [0.3, 0.4) is 0 Å². The van der Waals surface area contributed by atoms with Crippen LogP contribution in [0.15, 0.2) is 34.2 Å². The monoisotopic (exact) mass is 565 g/mol. The highest BCUT2D eigenvalue weighted by Crippen LogP contribution is 2.18. The highest BCUT2D eigenvalue weighted by Gasteiger charge is 2.23. The van der Waals surface area contributed by atoms with Crippen molar-refractivity contribution in [1.82, 2.24) is 10.2 Å². The molecule has 176 valence electrons. The summed E-state index contributed by atoms with van der Waals surface area (Å²) >= 11 is 0. The number of halogens is 1. The Kier molecular flexibility index (Phi) is 11.0. The molecular weight excluding hydrogens is 529 g/mol. The van der Waals surface area contributed by atoms with Gasteiger partial charge in [-0.2, -0.15) is 0 Å². The molecule has 1 unspecified atom stereocenters. The molecule has 2 heterocycles. The molecule has 0 aromatic heterocycles. The summed E-state index contributed by atoms with van der Waals surface area (Å²) < 4.78 is 35.1. The zero-order valence-electron chi connectivity index (χ0n) is 18.6. The second-order valence-electron chi connectivity index (χ2n) is 8.09. The first-order valence-corrected chi connectivity index (χ1v) is 12.9. The van der Waals surface area contributed by atoms with Crippen LogP contribution in [0.2, 0.25) is 0 Å². The summed E-state index contributed by atoms with van der Waals surface area (Å²) in [5.74, 6) is 0.902. The molecule has 0 aliphatic carbocycles. The standard InChI is InChI=1S/C22H35N3O4S.HI/c1-3-23-22(24-16-18-7-9-21(10-8-18)30(2,26)27)25-13-11-19(12-14-25)29-17-20-6-4-5-15-28-20;/h7-10,19-20H,3-6,11-17H2,1-2H3,(H,23,24);1H. The number of ether oxygens (including phenoxy) is 2. The zero-order valence-corrected chi connectivity index (χ0v) is 21.7. The Morgan fingerprint density at radius 2 is 1.90 bits per heavy atom. The van der Waals surface area contributed by atoms with E-state index in [1.54, 1.807) is 12.1 Å². The Morgan fingerprint density at radius 3 is 2.48 bits per heavy atom. The maximum absolute atomic E-state index is 11.6. The molecule has 1 aromatic carbocycles. The van der Waals surface area contributed by atoms with Gasteiger partial charge in [-0.05, 0) is 56.7 Å². The molecule has 2 aliphatic heterocycles. The molecule has 3 rings (SSSR count). The fourth-order valence-electron chi connectivity index (χ4n) is 3.85. The second-order valence-corrected chi connectivity index (χ2v) is 10.1. The van der Waals surface area contributed by atoms with E-state index >= 15 is 0 Å². The van der Waals surface area contributed by atoms with Gasteiger partial charge in [0.05, 0.1) is 30.3 Å². The van der Waals surface area contributed by atoms with Crippen molar-refractivity contribution < 1.29 is 17.9 Å². The maximum atomic E-state index is 11.6. The fraction of sp³-hybridized carbons (Fsp3) is 0.682. The number of likely N-dealkylation sites (tertiary alicyclic amines) is 1. The molecule has 0 spiro atoms. The largest absolute Gasteiger partial charge is 0.376 e. The highest BCUT2D eigenvalue weighted by molar-refractivity contribution is 14.0. The SMILES string of the molecule is CCNC(=NCc1ccc(S(C)(=O)=O)cc1)N1CCC(OCC2CCCCO2)CC1.I. The summed E-state index contributed by atoms with van der Waals surface area (Å²) in [5.41, 5.74) is 0.989. The number of hydrogen-bond donors (Lipinski definition) is 1. The lowest BCUT2D eigenvalue weighted by Gasteiger charge is -2.35. The number of nitrogens with zero attached hydrogens (tertiary/aromatic N) is 2. The number of hydrogen-bond acceptors (Lipinski definition) is 5. The molecule has 1 aromatic rings. The first-order valence-electron chi connectivity index (χ1n) is 11.0. The molecule has 1 atom stereocenters. The molecule has 0 radical (unpaired) electrons. The average Bonchev–Trinajstić information content (AvgIpc) is 2.76. The van der Waals surface area contributed by atoms with Crippen molar-refractivity contribution >= 4 is 39.8 Å². The van der Waals surface area contributed by atoms with Gasteiger partial charge >= 0.3 is 0 Å². The number of rotatable bonds is 7. The van der Waals surface area contributed by atoms with Crippen molar-refractivity contribution in [2.24, 2.45) is 4.99 Å². The zero-order chi connectivity index (χ0) is 21.4. The summed E-state index contributed by atoms with van der Waals surface area (Å²) in [4.78, 5) is 7.38. The molecule has 7 nitrogen and oxygen atoms in total. The minimum absolute atomic E-state index is 0. The lowest BCUT2D eigenvalue weighted by atomic mass is 10.1. The van der Waals surface area contributed by atoms with Crippen LogP contribution in [0.1, 0.15) is 44.6 Å². The highest BCUT2D eigenvalue weighted by atomic mass is 127. The molecule has 0 saturated carbocycles. The number of aliphatic imine (C=N–C) groups is 1. The third kappa shape index (κ3) is 8.51. The maximum Gasteiger partial charge on any atom is 0.194 e. The summed E-state index contributed by atoms with van der Waals surface area (Å²) in [5, 5.41) is 3.38. The quantitative estimate of drug-likeness (QED) is 0.311. The van der Waals surface area contributed by atoms with Crippen molar-refractivity contribution in [3.05, 3.63) is 29.8 Å². The average molecular weight is 566 g/mol. The molecule has 9 heteroatoms. The summed E-state index contributed by atoms with van der Waals surface area (Å²) in [6.07, 6.45) is 7.28. The van der Waals surface area contributed by atoms with Gasteiger partial charge in [0.2, 0.25) is 0 Å². The van der Waals surface area contributed by atoms with Gasteiger partial charge in [-0.3, -0.25) is 0 Å². The van der Waals surface area contributed by atoms with Gasteiger partial charge in [0.1, 0.15) is 0 Å². The van der Waals surface area contributed by atoms with Crippen LogP contribution in [-0.2, 0) is 25.9 Å². The number of piperidine rings is 1. The minimum Gasteiger partial charge on any atom is -0.376 e. The number of benzene rings is 1. The van der Waals surface area contributed by atoms with Crippen molar-refractivity contribution in [2.45, 2.75) is 62.7 Å². The lowest BCUT2D eigenvalue weighted by molar-refractivity contribution is -0.0721. The van der Waals surface area contributed by atoms with E-state index in [0.29, 0.717) is 18.0 Å². The third-order valence-electron chi connectivity index (χ3n) is 5.63. The van der Waals surface area contributed by atoms with Crippen molar-refractivity contribution in [1.29, 1.82) is 0 Å². The molecule has 0 bridgehead atoms. The minimum atomic E-state index is -3.17. The fourth-order valence-corrected chi connectivity index (χ4v) is 4.48. The van der Waals surface area contributed by atoms with Crippen LogP contribution in [0.25, 0.3) is 0 Å². The smallest absolute Gasteiger partial charge is 0.194 e. The Labute approximate surface area is 203 Å². The Bertz CT molecular complexity index is 787. The predicted octanol–water partition coefficient (Wildman–Crippen LogP) is 3.22. The molecule has 2 fully saturated rings. The Balaban J connectivity index is 0.00000341.